The zero-order chi connectivity index (χ0) is 10.6. The molecule has 1 heterocycles. The number of hydrogen-bond acceptors (Lipinski definition) is 2. The van der Waals surface area contributed by atoms with Crippen LogP contribution in [0.15, 0.2) is 35.6 Å². The van der Waals surface area contributed by atoms with Crippen LogP contribution in [0.1, 0.15) is 20.3 Å². The number of piperidine rings is 1. The van der Waals surface area contributed by atoms with Gasteiger partial charge in [0.05, 0.1) is 0 Å². The minimum atomic E-state index is 0.953. The first-order valence-electron chi connectivity index (χ1n) is 5.18. The average molecular weight is 192 g/mol. The molecule has 0 aliphatic carbocycles. The fourth-order valence-electron chi connectivity index (χ4n) is 1.86. The van der Waals surface area contributed by atoms with Crippen LogP contribution in [0.3, 0.4) is 0 Å². The van der Waals surface area contributed by atoms with Crippen molar-refractivity contribution in [1.29, 1.82) is 0 Å². The second-order valence-corrected chi connectivity index (χ2v) is 3.71. The monoisotopic (exact) mass is 192 g/mol. The van der Waals surface area contributed by atoms with Gasteiger partial charge in [0.15, 0.2) is 0 Å². The normalized spacial score (nSPS) is 25.1. The average Bonchev–Trinajstić information content (AvgIpc) is 2.17. The fourth-order valence-corrected chi connectivity index (χ4v) is 1.86. The lowest BCUT2D eigenvalue weighted by molar-refractivity contribution is 0.299. The van der Waals surface area contributed by atoms with Crippen molar-refractivity contribution < 1.29 is 0 Å². The highest BCUT2D eigenvalue weighted by Crippen LogP contribution is 2.23. The van der Waals surface area contributed by atoms with E-state index in [2.05, 4.69) is 24.5 Å². The first kappa shape index (κ1) is 11.1. The van der Waals surface area contributed by atoms with E-state index in [4.69, 9.17) is 5.73 Å². The summed E-state index contributed by atoms with van der Waals surface area (Å²) in [6.45, 7) is 11.1. The van der Waals surface area contributed by atoms with Gasteiger partial charge in [-0.15, -0.1) is 0 Å². The summed E-state index contributed by atoms with van der Waals surface area (Å²) in [7, 11) is 0. The van der Waals surface area contributed by atoms with Gasteiger partial charge in [0.25, 0.3) is 0 Å². The van der Waals surface area contributed by atoms with E-state index in [0.717, 1.165) is 31.8 Å². The fraction of sp³-hybridized carbons (Fsp3) is 0.500. The molecule has 78 valence electrons. The summed E-state index contributed by atoms with van der Waals surface area (Å²) >= 11 is 0. The van der Waals surface area contributed by atoms with Crippen molar-refractivity contribution in [1.82, 2.24) is 4.90 Å². The van der Waals surface area contributed by atoms with Crippen molar-refractivity contribution in [2.45, 2.75) is 20.3 Å². The van der Waals surface area contributed by atoms with Crippen LogP contribution in [0.5, 0.6) is 0 Å². The number of nitrogens with two attached hydrogens (primary N) is 1. The number of likely N-dealkylation sites (N-methyl/N-ethyl adjacent to an activating group) is 1. The van der Waals surface area contributed by atoms with Crippen LogP contribution in [0.4, 0.5) is 0 Å². The summed E-state index contributed by atoms with van der Waals surface area (Å²) in [5.74, 6) is 0. The van der Waals surface area contributed by atoms with E-state index in [1.54, 1.807) is 0 Å². The molecule has 0 aromatic heterocycles. The third-order valence-corrected chi connectivity index (χ3v) is 2.70. The van der Waals surface area contributed by atoms with Crippen molar-refractivity contribution in [3.8, 4) is 0 Å². The predicted octanol–water partition coefficient (Wildman–Crippen LogP) is 2.06. The standard InChI is InChI=1S/C12H20N2/c1-4-6-11-9-14(5-2)8-7-12(11)10(3)13/h4,6H,1,5,7-9,13H2,2-3H3/b11-6-,12-10+. The van der Waals surface area contributed by atoms with Gasteiger partial charge in [-0.3, -0.25) is 4.90 Å². The van der Waals surface area contributed by atoms with E-state index in [1.165, 1.54) is 11.1 Å². The highest BCUT2D eigenvalue weighted by molar-refractivity contribution is 5.38. The van der Waals surface area contributed by atoms with Crippen molar-refractivity contribution >= 4 is 0 Å². The molecule has 0 aromatic carbocycles. The molecule has 0 aromatic rings. The Morgan fingerprint density at radius 3 is 2.86 bits per heavy atom. The van der Waals surface area contributed by atoms with Crippen LogP contribution in [-0.4, -0.2) is 24.5 Å². The van der Waals surface area contributed by atoms with Crippen LogP contribution >= 0.6 is 0 Å². The van der Waals surface area contributed by atoms with E-state index in [-0.39, 0.29) is 0 Å². The Hall–Kier alpha value is -1.02. The zero-order valence-corrected chi connectivity index (χ0v) is 9.21. The van der Waals surface area contributed by atoms with Crippen molar-refractivity contribution in [3.63, 3.8) is 0 Å². The molecule has 1 aliphatic heterocycles. The molecule has 2 nitrogen and oxygen atoms in total. The van der Waals surface area contributed by atoms with Crippen LogP contribution in [-0.2, 0) is 0 Å². The molecule has 0 amide bonds. The first-order chi connectivity index (χ1) is 6.69. The van der Waals surface area contributed by atoms with Crippen molar-refractivity contribution in [2.75, 3.05) is 19.6 Å². The van der Waals surface area contributed by atoms with Gasteiger partial charge in [0, 0.05) is 18.8 Å². The van der Waals surface area contributed by atoms with Gasteiger partial charge in [-0.1, -0.05) is 25.7 Å². The molecule has 1 saturated heterocycles. The summed E-state index contributed by atoms with van der Waals surface area (Å²) in [5.41, 5.74) is 9.45. The van der Waals surface area contributed by atoms with E-state index >= 15 is 0 Å². The molecule has 0 atom stereocenters. The van der Waals surface area contributed by atoms with Gasteiger partial charge in [0.1, 0.15) is 0 Å². The molecule has 0 unspecified atom stereocenters. The lowest BCUT2D eigenvalue weighted by atomic mass is 9.96. The van der Waals surface area contributed by atoms with Crippen LogP contribution in [0.25, 0.3) is 0 Å². The lowest BCUT2D eigenvalue weighted by Crippen LogP contribution is -2.32. The minimum Gasteiger partial charge on any atom is -0.402 e. The molecule has 0 spiro atoms. The number of allylic oxidation sites excluding steroid dienone is 3. The number of hydrogen-bond donors (Lipinski definition) is 1. The summed E-state index contributed by atoms with van der Waals surface area (Å²) in [6.07, 6.45) is 4.99. The second-order valence-electron chi connectivity index (χ2n) is 3.71. The topological polar surface area (TPSA) is 29.3 Å². The van der Waals surface area contributed by atoms with Crippen LogP contribution in [0, 0.1) is 0 Å². The van der Waals surface area contributed by atoms with E-state index < -0.39 is 0 Å². The molecule has 14 heavy (non-hydrogen) atoms. The van der Waals surface area contributed by atoms with E-state index in [1.807, 2.05) is 13.0 Å². The van der Waals surface area contributed by atoms with Crippen molar-refractivity contribution in [2.24, 2.45) is 5.73 Å². The SMILES string of the molecule is C=C/C=C1/CN(CC)CC/C1=C(/C)N. The smallest absolute Gasteiger partial charge is 0.0237 e. The van der Waals surface area contributed by atoms with Gasteiger partial charge < -0.3 is 5.73 Å². The maximum Gasteiger partial charge on any atom is 0.0237 e. The molecule has 0 radical (unpaired) electrons. The van der Waals surface area contributed by atoms with Gasteiger partial charge >= 0.3 is 0 Å². The molecule has 2 N–H and O–H groups in total. The zero-order valence-electron chi connectivity index (χ0n) is 9.21. The maximum atomic E-state index is 5.86. The lowest BCUT2D eigenvalue weighted by Gasteiger charge is -2.30. The largest absolute Gasteiger partial charge is 0.402 e. The third-order valence-electron chi connectivity index (χ3n) is 2.70. The summed E-state index contributed by atoms with van der Waals surface area (Å²) in [5, 5.41) is 0. The molecule has 1 rings (SSSR count). The van der Waals surface area contributed by atoms with Gasteiger partial charge in [-0.2, -0.15) is 0 Å². The molecular weight excluding hydrogens is 172 g/mol. The summed E-state index contributed by atoms with van der Waals surface area (Å²) < 4.78 is 0. The van der Waals surface area contributed by atoms with Gasteiger partial charge in [-0.05, 0) is 31.0 Å². The highest BCUT2D eigenvalue weighted by atomic mass is 15.1. The van der Waals surface area contributed by atoms with Gasteiger partial charge in [-0.25, -0.2) is 0 Å². The molecule has 1 fully saturated rings. The Balaban J connectivity index is 2.87. The molecule has 0 saturated carbocycles. The highest BCUT2D eigenvalue weighted by Gasteiger charge is 2.17. The summed E-state index contributed by atoms with van der Waals surface area (Å²) in [4.78, 5) is 2.42. The van der Waals surface area contributed by atoms with E-state index in [9.17, 15) is 0 Å². The Kier molecular flexibility index (Phi) is 3.96. The number of rotatable bonds is 2. The quantitative estimate of drug-likeness (QED) is 0.725. The van der Waals surface area contributed by atoms with E-state index in [0.29, 0.717) is 0 Å². The minimum absolute atomic E-state index is 0.953. The Morgan fingerprint density at radius 2 is 2.36 bits per heavy atom. The number of likely N-dealkylation sites (tertiary alicyclic amines) is 1. The molecular formula is C12H20N2. The summed E-state index contributed by atoms with van der Waals surface area (Å²) in [6, 6.07) is 0. The molecule has 2 heteroatoms. The van der Waals surface area contributed by atoms with Crippen molar-refractivity contribution in [3.05, 3.63) is 35.6 Å². The molecule has 1 aliphatic rings. The third kappa shape index (κ3) is 2.48. The first-order valence-corrected chi connectivity index (χ1v) is 5.18. The van der Waals surface area contributed by atoms with Crippen LogP contribution < -0.4 is 5.73 Å². The Bertz CT molecular complexity index is 270. The second kappa shape index (κ2) is 5.01. The van der Waals surface area contributed by atoms with Gasteiger partial charge in [0.2, 0.25) is 0 Å². The molecule has 0 bridgehead atoms. The Morgan fingerprint density at radius 1 is 1.64 bits per heavy atom. The maximum absolute atomic E-state index is 5.86. The predicted molar refractivity (Wildman–Crippen MR) is 61.9 cm³/mol. The Labute approximate surface area is 86.8 Å². The van der Waals surface area contributed by atoms with Crippen LogP contribution in [0.2, 0.25) is 0 Å². The number of nitrogens with zero attached hydrogens (tertiary/aromatic N) is 1.